The standard InChI is InChI=1S/C19H18N2O4S/c1-23-14-8-12(9-15(24-2)18(14)25-3)11-20-21-19(22)17-10-13-6-4-5-7-16(13)26-17/h4-11H,1-3H3,(H,21,22)/b20-11+. The number of hydrazone groups is 1. The fourth-order valence-corrected chi connectivity index (χ4v) is 3.44. The monoisotopic (exact) mass is 370 g/mol. The third-order valence-corrected chi connectivity index (χ3v) is 4.83. The minimum Gasteiger partial charge on any atom is -0.493 e. The van der Waals surface area contributed by atoms with Gasteiger partial charge in [-0.25, -0.2) is 5.43 Å². The molecule has 0 aliphatic carbocycles. The molecule has 0 aliphatic rings. The van der Waals surface area contributed by atoms with Crippen LogP contribution >= 0.6 is 11.3 Å². The second-order valence-corrected chi connectivity index (χ2v) is 6.39. The lowest BCUT2D eigenvalue weighted by atomic mass is 10.2. The van der Waals surface area contributed by atoms with Crippen molar-refractivity contribution in [1.29, 1.82) is 0 Å². The molecular formula is C19H18N2O4S. The normalized spacial score (nSPS) is 10.9. The number of carbonyl (C=O) groups excluding carboxylic acids is 1. The summed E-state index contributed by atoms with van der Waals surface area (Å²) in [5.74, 6) is 1.28. The molecule has 1 aromatic heterocycles. The quantitative estimate of drug-likeness (QED) is 0.531. The van der Waals surface area contributed by atoms with Crippen molar-refractivity contribution < 1.29 is 19.0 Å². The first-order valence-corrected chi connectivity index (χ1v) is 8.60. The Bertz CT molecular complexity index is 907. The minimum atomic E-state index is -0.255. The zero-order valence-corrected chi connectivity index (χ0v) is 15.4. The van der Waals surface area contributed by atoms with Gasteiger partial charge in [-0.1, -0.05) is 18.2 Å². The lowest BCUT2D eigenvalue weighted by Crippen LogP contribution is -2.16. The molecule has 6 nitrogen and oxygen atoms in total. The van der Waals surface area contributed by atoms with Crippen LogP contribution in [0.1, 0.15) is 15.2 Å². The van der Waals surface area contributed by atoms with E-state index in [1.807, 2.05) is 30.3 Å². The molecule has 7 heteroatoms. The number of rotatable bonds is 6. The van der Waals surface area contributed by atoms with Gasteiger partial charge in [0, 0.05) is 10.3 Å². The van der Waals surface area contributed by atoms with Gasteiger partial charge in [0.2, 0.25) is 5.75 Å². The maximum atomic E-state index is 12.3. The van der Waals surface area contributed by atoms with Gasteiger partial charge in [-0.05, 0) is 29.7 Å². The molecule has 134 valence electrons. The van der Waals surface area contributed by atoms with Crippen molar-refractivity contribution >= 4 is 33.5 Å². The highest BCUT2D eigenvalue weighted by Gasteiger charge is 2.13. The van der Waals surface area contributed by atoms with Crippen LogP contribution in [-0.4, -0.2) is 33.5 Å². The number of fused-ring (bicyclic) bond motifs is 1. The van der Waals surface area contributed by atoms with Crippen molar-refractivity contribution in [3.05, 3.63) is 52.9 Å². The van der Waals surface area contributed by atoms with Gasteiger partial charge in [-0.15, -0.1) is 11.3 Å². The van der Waals surface area contributed by atoms with E-state index < -0.39 is 0 Å². The summed E-state index contributed by atoms with van der Waals surface area (Å²) in [6.45, 7) is 0. The van der Waals surface area contributed by atoms with Crippen LogP contribution in [0.3, 0.4) is 0 Å². The summed E-state index contributed by atoms with van der Waals surface area (Å²) in [6, 6.07) is 13.2. The highest BCUT2D eigenvalue weighted by atomic mass is 32.1. The predicted octanol–water partition coefficient (Wildman–Crippen LogP) is 3.69. The van der Waals surface area contributed by atoms with Gasteiger partial charge in [0.15, 0.2) is 11.5 Å². The first-order chi connectivity index (χ1) is 12.7. The number of carbonyl (C=O) groups is 1. The van der Waals surface area contributed by atoms with E-state index in [2.05, 4.69) is 10.5 Å². The van der Waals surface area contributed by atoms with Crippen LogP contribution < -0.4 is 19.6 Å². The summed E-state index contributed by atoms with van der Waals surface area (Å²) in [5, 5.41) is 5.06. The smallest absolute Gasteiger partial charge is 0.281 e. The van der Waals surface area contributed by atoms with Crippen LogP contribution in [0.15, 0.2) is 47.6 Å². The van der Waals surface area contributed by atoms with Crippen molar-refractivity contribution in [2.24, 2.45) is 5.10 Å². The Morgan fingerprint density at radius 1 is 1.04 bits per heavy atom. The molecule has 3 rings (SSSR count). The molecule has 1 heterocycles. The molecule has 0 atom stereocenters. The van der Waals surface area contributed by atoms with Crippen LogP contribution in [0.2, 0.25) is 0 Å². The van der Waals surface area contributed by atoms with Gasteiger partial charge >= 0.3 is 0 Å². The van der Waals surface area contributed by atoms with Crippen LogP contribution in [-0.2, 0) is 0 Å². The van der Waals surface area contributed by atoms with E-state index in [1.54, 1.807) is 33.5 Å². The lowest BCUT2D eigenvalue weighted by molar-refractivity contribution is 0.0959. The number of methoxy groups -OCH3 is 3. The summed E-state index contributed by atoms with van der Waals surface area (Å²) in [5.41, 5.74) is 3.24. The van der Waals surface area contributed by atoms with Crippen molar-refractivity contribution in [2.45, 2.75) is 0 Å². The van der Waals surface area contributed by atoms with E-state index in [9.17, 15) is 4.79 Å². The number of ether oxygens (including phenoxy) is 3. The van der Waals surface area contributed by atoms with Gasteiger partial charge in [0.1, 0.15) is 0 Å². The van der Waals surface area contributed by atoms with E-state index in [1.165, 1.54) is 17.6 Å². The van der Waals surface area contributed by atoms with Crippen molar-refractivity contribution in [1.82, 2.24) is 5.43 Å². The Kier molecular flexibility index (Phi) is 5.38. The van der Waals surface area contributed by atoms with Crippen LogP contribution in [0, 0.1) is 0 Å². The van der Waals surface area contributed by atoms with E-state index in [-0.39, 0.29) is 5.91 Å². The number of hydrogen-bond acceptors (Lipinski definition) is 6. The molecule has 0 saturated carbocycles. The number of nitrogens with zero attached hydrogens (tertiary/aromatic N) is 1. The molecule has 26 heavy (non-hydrogen) atoms. The van der Waals surface area contributed by atoms with Gasteiger partial charge < -0.3 is 14.2 Å². The Hall–Kier alpha value is -3.06. The Morgan fingerprint density at radius 3 is 2.35 bits per heavy atom. The molecule has 0 radical (unpaired) electrons. The van der Waals surface area contributed by atoms with Gasteiger partial charge in [0.05, 0.1) is 32.4 Å². The second kappa shape index (κ2) is 7.88. The summed E-state index contributed by atoms with van der Waals surface area (Å²) in [6.07, 6.45) is 1.52. The molecule has 0 saturated heterocycles. The average Bonchev–Trinajstić information content (AvgIpc) is 3.11. The number of amides is 1. The largest absolute Gasteiger partial charge is 0.493 e. The third kappa shape index (κ3) is 3.62. The molecule has 3 aromatic rings. The SMILES string of the molecule is COc1cc(/C=N/NC(=O)c2cc3ccccc3s2)cc(OC)c1OC. The van der Waals surface area contributed by atoms with E-state index in [4.69, 9.17) is 14.2 Å². The van der Waals surface area contributed by atoms with Crippen molar-refractivity contribution in [3.8, 4) is 17.2 Å². The van der Waals surface area contributed by atoms with Gasteiger partial charge in [-0.3, -0.25) is 4.79 Å². The van der Waals surface area contributed by atoms with Crippen LogP contribution in [0.5, 0.6) is 17.2 Å². The zero-order chi connectivity index (χ0) is 18.5. The highest BCUT2D eigenvalue weighted by molar-refractivity contribution is 7.20. The molecule has 1 amide bonds. The molecule has 0 fully saturated rings. The van der Waals surface area contributed by atoms with Crippen LogP contribution in [0.4, 0.5) is 0 Å². The zero-order valence-electron chi connectivity index (χ0n) is 14.6. The number of nitrogens with one attached hydrogen (secondary N) is 1. The first-order valence-electron chi connectivity index (χ1n) is 7.78. The topological polar surface area (TPSA) is 69.2 Å². The Balaban J connectivity index is 1.76. The summed E-state index contributed by atoms with van der Waals surface area (Å²) >= 11 is 1.43. The van der Waals surface area contributed by atoms with E-state index >= 15 is 0 Å². The minimum absolute atomic E-state index is 0.255. The molecule has 0 bridgehead atoms. The molecular weight excluding hydrogens is 352 g/mol. The maximum absolute atomic E-state index is 12.3. The number of thiophene rings is 1. The fourth-order valence-electron chi connectivity index (χ4n) is 2.49. The summed E-state index contributed by atoms with van der Waals surface area (Å²) in [7, 11) is 4.63. The Labute approximate surface area is 155 Å². The van der Waals surface area contributed by atoms with E-state index in [0.717, 1.165) is 10.1 Å². The number of benzene rings is 2. The van der Waals surface area contributed by atoms with Crippen LogP contribution in [0.25, 0.3) is 10.1 Å². The summed E-state index contributed by atoms with van der Waals surface area (Å²) in [4.78, 5) is 12.9. The first kappa shape index (κ1) is 17.8. The highest BCUT2D eigenvalue weighted by Crippen LogP contribution is 2.37. The fraction of sp³-hybridized carbons (Fsp3) is 0.158. The second-order valence-electron chi connectivity index (χ2n) is 5.31. The maximum Gasteiger partial charge on any atom is 0.281 e. The van der Waals surface area contributed by atoms with E-state index in [0.29, 0.717) is 27.7 Å². The van der Waals surface area contributed by atoms with Crippen molar-refractivity contribution in [3.63, 3.8) is 0 Å². The van der Waals surface area contributed by atoms with Crippen molar-refractivity contribution in [2.75, 3.05) is 21.3 Å². The molecule has 2 aromatic carbocycles. The number of hydrogen-bond donors (Lipinski definition) is 1. The Morgan fingerprint density at radius 2 is 1.73 bits per heavy atom. The molecule has 0 aliphatic heterocycles. The summed E-state index contributed by atoms with van der Waals surface area (Å²) < 4.78 is 16.9. The molecule has 0 unspecified atom stereocenters. The molecule has 0 spiro atoms. The van der Waals surface area contributed by atoms with Gasteiger partial charge in [-0.2, -0.15) is 5.10 Å². The predicted molar refractivity (Wildman–Crippen MR) is 103 cm³/mol. The lowest BCUT2D eigenvalue weighted by Gasteiger charge is -2.12. The van der Waals surface area contributed by atoms with Gasteiger partial charge in [0.25, 0.3) is 5.91 Å². The molecule has 1 N–H and O–H groups in total. The third-order valence-electron chi connectivity index (χ3n) is 3.72. The average molecular weight is 370 g/mol.